The Morgan fingerprint density at radius 1 is 1.19 bits per heavy atom. The molecule has 0 unspecified atom stereocenters. The first-order valence-electron chi connectivity index (χ1n) is 8.74. The van der Waals surface area contributed by atoms with E-state index in [2.05, 4.69) is 9.97 Å². The van der Waals surface area contributed by atoms with Crippen LogP contribution in [-0.2, 0) is 17.9 Å². The minimum Gasteiger partial charge on any atom is -0.334 e. The number of carbonyl (C=O) groups excluding carboxylic acids is 1. The molecule has 0 bridgehead atoms. The lowest BCUT2D eigenvalue weighted by Crippen LogP contribution is -2.35. The number of nitrogens with zero attached hydrogens (tertiary/aromatic N) is 2. The molecule has 0 atom stereocenters. The third-order valence-electron chi connectivity index (χ3n) is 4.34. The Labute approximate surface area is 152 Å². The fourth-order valence-corrected chi connectivity index (χ4v) is 2.98. The Balaban J connectivity index is 1.95. The van der Waals surface area contributed by atoms with E-state index in [0.29, 0.717) is 12.1 Å². The van der Waals surface area contributed by atoms with E-state index in [4.69, 9.17) is 0 Å². The number of hydrogen-bond acceptors (Lipinski definition) is 3. The lowest BCUT2D eigenvalue weighted by Gasteiger charge is -2.24. The average molecular weight is 349 g/mol. The molecule has 5 heteroatoms. The van der Waals surface area contributed by atoms with Crippen LogP contribution in [0.2, 0.25) is 0 Å². The van der Waals surface area contributed by atoms with E-state index in [9.17, 15) is 9.59 Å². The third kappa shape index (κ3) is 3.99. The first-order valence-corrected chi connectivity index (χ1v) is 8.74. The Kier molecular flexibility index (Phi) is 5.16. The molecular weight excluding hydrogens is 326 g/mol. The molecule has 1 amide bonds. The summed E-state index contributed by atoms with van der Waals surface area (Å²) in [6, 6.07) is 11.6. The van der Waals surface area contributed by atoms with Crippen LogP contribution in [-0.4, -0.2) is 20.8 Å². The molecule has 0 aliphatic heterocycles. The molecule has 0 aliphatic carbocycles. The second-order valence-electron chi connectivity index (χ2n) is 6.92. The quantitative estimate of drug-likeness (QED) is 0.767. The van der Waals surface area contributed by atoms with Gasteiger partial charge in [-0.1, -0.05) is 31.5 Å². The van der Waals surface area contributed by atoms with Crippen LogP contribution in [0.25, 0.3) is 10.9 Å². The number of fused-ring (bicyclic) bond motifs is 1. The Hall–Kier alpha value is -2.95. The number of pyridine rings is 2. The summed E-state index contributed by atoms with van der Waals surface area (Å²) in [5.41, 5.74) is 3.30. The van der Waals surface area contributed by atoms with Crippen molar-refractivity contribution in [1.29, 1.82) is 0 Å². The number of aromatic nitrogens is 2. The summed E-state index contributed by atoms with van der Waals surface area (Å²) in [5.74, 6) is -0.133. The van der Waals surface area contributed by atoms with E-state index >= 15 is 0 Å². The largest absolute Gasteiger partial charge is 0.334 e. The fourth-order valence-electron chi connectivity index (χ4n) is 2.98. The smallest absolute Gasteiger partial charge is 0.253 e. The monoisotopic (exact) mass is 349 g/mol. The van der Waals surface area contributed by atoms with Crippen molar-refractivity contribution >= 4 is 16.8 Å². The summed E-state index contributed by atoms with van der Waals surface area (Å²) < 4.78 is 0. The van der Waals surface area contributed by atoms with Crippen molar-refractivity contribution in [2.45, 2.75) is 33.9 Å². The van der Waals surface area contributed by atoms with Crippen LogP contribution < -0.4 is 5.56 Å². The van der Waals surface area contributed by atoms with Gasteiger partial charge < -0.3 is 9.88 Å². The molecule has 2 heterocycles. The highest BCUT2D eigenvalue weighted by Crippen LogP contribution is 2.16. The van der Waals surface area contributed by atoms with Gasteiger partial charge in [-0.25, -0.2) is 0 Å². The van der Waals surface area contributed by atoms with Crippen molar-refractivity contribution in [3.8, 4) is 0 Å². The minimum absolute atomic E-state index is 0.0117. The number of amides is 1. The van der Waals surface area contributed by atoms with Crippen LogP contribution >= 0.6 is 0 Å². The molecule has 0 saturated carbocycles. The van der Waals surface area contributed by atoms with E-state index in [1.54, 1.807) is 17.3 Å². The lowest BCUT2D eigenvalue weighted by molar-refractivity contribution is -0.135. The number of carbonyl (C=O) groups is 1. The van der Waals surface area contributed by atoms with Gasteiger partial charge in [-0.2, -0.15) is 0 Å². The van der Waals surface area contributed by atoms with Gasteiger partial charge in [-0.05, 0) is 42.1 Å². The van der Waals surface area contributed by atoms with Gasteiger partial charge in [0.1, 0.15) is 0 Å². The first-order chi connectivity index (χ1) is 12.4. The molecule has 0 radical (unpaired) electrons. The van der Waals surface area contributed by atoms with Crippen molar-refractivity contribution in [3.63, 3.8) is 0 Å². The molecular formula is C21H23N3O2. The molecule has 2 aromatic heterocycles. The van der Waals surface area contributed by atoms with E-state index < -0.39 is 0 Å². The van der Waals surface area contributed by atoms with E-state index in [1.165, 1.54) is 0 Å². The molecule has 3 rings (SSSR count). The second-order valence-corrected chi connectivity index (χ2v) is 6.92. The summed E-state index contributed by atoms with van der Waals surface area (Å²) in [5, 5.41) is 0.970. The summed E-state index contributed by atoms with van der Waals surface area (Å²) >= 11 is 0. The van der Waals surface area contributed by atoms with Crippen molar-refractivity contribution in [2.75, 3.05) is 0 Å². The standard InChI is InChI=1S/C21H23N3O2/c1-14(2)21(26)24(12-16-5-4-8-22-11-16)13-18-10-17-9-15(3)6-7-19(17)23-20(18)25/h4-11,14H,12-13H2,1-3H3,(H,23,25). The number of rotatable bonds is 5. The maximum Gasteiger partial charge on any atom is 0.253 e. The third-order valence-corrected chi connectivity index (χ3v) is 4.34. The van der Waals surface area contributed by atoms with Gasteiger partial charge >= 0.3 is 0 Å². The molecule has 1 N–H and O–H groups in total. The second kappa shape index (κ2) is 7.52. The fraction of sp³-hybridized carbons (Fsp3) is 0.286. The van der Waals surface area contributed by atoms with E-state index in [-0.39, 0.29) is 23.9 Å². The maximum absolute atomic E-state index is 12.7. The summed E-state index contributed by atoms with van der Waals surface area (Å²) in [6.45, 7) is 6.45. The summed E-state index contributed by atoms with van der Waals surface area (Å²) in [6.07, 6.45) is 3.45. The molecule has 1 aromatic carbocycles. The zero-order valence-electron chi connectivity index (χ0n) is 15.3. The van der Waals surface area contributed by atoms with Crippen LogP contribution in [0.4, 0.5) is 0 Å². The van der Waals surface area contributed by atoms with Crippen molar-refractivity contribution in [3.05, 3.63) is 75.8 Å². The predicted molar refractivity (Wildman–Crippen MR) is 103 cm³/mol. The lowest BCUT2D eigenvalue weighted by atomic mass is 10.1. The Morgan fingerprint density at radius 3 is 2.69 bits per heavy atom. The highest BCUT2D eigenvalue weighted by atomic mass is 16.2. The van der Waals surface area contributed by atoms with Crippen LogP contribution in [0.1, 0.15) is 30.5 Å². The number of aromatic amines is 1. The Morgan fingerprint density at radius 2 is 2.00 bits per heavy atom. The molecule has 3 aromatic rings. The maximum atomic E-state index is 12.7. The molecule has 0 fully saturated rings. The van der Waals surface area contributed by atoms with Gasteiger partial charge in [-0.15, -0.1) is 0 Å². The summed E-state index contributed by atoms with van der Waals surface area (Å²) in [4.78, 5) is 33.9. The van der Waals surface area contributed by atoms with Gasteiger partial charge in [0.25, 0.3) is 5.56 Å². The van der Waals surface area contributed by atoms with Crippen LogP contribution in [0.5, 0.6) is 0 Å². The normalized spacial score (nSPS) is 11.1. The summed E-state index contributed by atoms with van der Waals surface area (Å²) in [7, 11) is 0. The number of aryl methyl sites for hydroxylation is 1. The number of nitrogens with one attached hydrogen (secondary N) is 1. The SMILES string of the molecule is Cc1ccc2[nH]c(=O)c(CN(Cc3cccnc3)C(=O)C(C)C)cc2c1. The molecule has 0 saturated heterocycles. The molecule has 0 spiro atoms. The Bertz CT molecular complexity index is 977. The highest BCUT2D eigenvalue weighted by molar-refractivity contribution is 5.80. The molecule has 134 valence electrons. The number of hydrogen-bond donors (Lipinski definition) is 1. The van der Waals surface area contributed by atoms with Gasteiger partial charge in [0.05, 0.1) is 6.54 Å². The molecule has 26 heavy (non-hydrogen) atoms. The van der Waals surface area contributed by atoms with Gasteiger partial charge in [-0.3, -0.25) is 14.6 Å². The zero-order chi connectivity index (χ0) is 18.7. The van der Waals surface area contributed by atoms with Gasteiger partial charge in [0.2, 0.25) is 5.91 Å². The van der Waals surface area contributed by atoms with E-state index in [1.807, 2.05) is 57.2 Å². The van der Waals surface area contributed by atoms with Crippen LogP contribution in [0, 0.1) is 12.8 Å². The van der Waals surface area contributed by atoms with Gasteiger partial charge in [0, 0.05) is 35.9 Å². The van der Waals surface area contributed by atoms with Crippen molar-refractivity contribution in [1.82, 2.24) is 14.9 Å². The molecule has 0 aliphatic rings. The average Bonchev–Trinajstić information content (AvgIpc) is 2.62. The number of benzene rings is 1. The van der Waals surface area contributed by atoms with Crippen molar-refractivity contribution < 1.29 is 4.79 Å². The topological polar surface area (TPSA) is 66.1 Å². The van der Waals surface area contributed by atoms with Crippen LogP contribution in [0.15, 0.2) is 53.6 Å². The predicted octanol–water partition coefficient (Wildman–Crippen LogP) is 3.42. The minimum atomic E-state index is -0.158. The van der Waals surface area contributed by atoms with Crippen LogP contribution in [0.3, 0.4) is 0 Å². The zero-order valence-corrected chi connectivity index (χ0v) is 15.3. The first kappa shape index (κ1) is 17.9. The van der Waals surface area contributed by atoms with E-state index in [0.717, 1.165) is 22.0 Å². The van der Waals surface area contributed by atoms with Crippen molar-refractivity contribution in [2.24, 2.45) is 5.92 Å². The van der Waals surface area contributed by atoms with Gasteiger partial charge in [0.15, 0.2) is 0 Å². The number of H-pyrrole nitrogens is 1. The molecule has 5 nitrogen and oxygen atoms in total. The highest BCUT2D eigenvalue weighted by Gasteiger charge is 2.19.